The number of hydrogen-bond acceptors (Lipinski definition) is 7. The van der Waals surface area contributed by atoms with Gasteiger partial charge in [-0.25, -0.2) is 0 Å². The Morgan fingerprint density at radius 2 is 1.74 bits per heavy atom. The summed E-state index contributed by atoms with van der Waals surface area (Å²) >= 11 is 7.54. The van der Waals surface area contributed by atoms with Gasteiger partial charge in [-0.1, -0.05) is 45.5 Å². The second kappa shape index (κ2) is 18.3. The minimum atomic E-state index is -0.711. The molecule has 0 radical (unpaired) electrons. The Morgan fingerprint density at radius 1 is 1.21 bits per heavy atom. The van der Waals surface area contributed by atoms with Crippen LogP contribution in [0.3, 0.4) is 0 Å². The first-order valence-corrected chi connectivity index (χ1v) is 13.8. The fourth-order valence-electron chi connectivity index (χ4n) is 2.22. The van der Waals surface area contributed by atoms with E-state index < -0.39 is 16.9 Å². The summed E-state index contributed by atoms with van der Waals surface area (Å²) in [5, 5.41) is 25.9. The highest BCUT2D eigenvalue weighted by molar-refractivity contribution is 7.99. The van der Waals surface area contributed by atoms with E-state index >= 15 is 0 Å². The Labute approximate surface area is 243 Å². The molecular formula is C28H44ClN5O4S. The third kappa shape index (κ3) is 16.5. The first kappa shape index (κ1) is 38.1. The minimum Gasteiger partial charge on any atom is -0.394 e. The molecule has 1 rings (SSSR count). The van der Waals surface area contributed by atoms with Crippen molar-refractivity contribution >= 4 is 52.5 Å². The molecule has 0 saturated heterocycles. The summed E-state index contributed by atoms with van der Waals surface area (Å²) in [7, 11) is 1.83. The van der Waals surface area contributed by atoms with E-state index in [0.29, 0.717) is 10.7 Å². The van der Waals surface area contributed by atoms with E-state index in [4.69, 9.17) is 22.0 Å². The molecule has 9 nitrogen and oxygen atoms in total. The van der Waals surface area contributed by atoms with Crippen molar-refractivity contribution in [1.29, 1.82) is 5.26 Å². The lowest BCUT2D eigenvalue weighted by molar-refractivity contribution is -0.128. The number of carbonyl (C=O) groups is 3. The van der Waals surface area contributed by atoms with Gasteiger partial charge in [0.15, 0.2) is 0 Å². The molecule has 11 heteroatoms. The summed E-state index contributed by atoms with van der Waals surface area (Å²) in [6.45, 7) is 20.2. The van der Waals surface area contributed by atoms with Crippen molar-refractivity contribution in [2.75, 3.05) is 37.1 Å². The average Bonchev–Trinajstić information content (AvgIpc) is 2.86. The van der Waals surface area contributed by atoms with Crippen LogP contribution in [-0.4, -0.2) is 65.0 Å². The Kier molecular flexibility index (Phi) is 17.9. The van der Waals surface area contributed by atoms with Gasteiger partial charge in [0.25, 0.3) is 5.91 Å². The zero-order chi connectivity index (χ0) is 31.0. The lowest BCUT2D eigenvalue weighted by atomic mass is 9.95. The quantitative estimate of drug-likeness (QED) is 0.237. The van der Waals surface area contributed by atoms with Gasteiger partial charge in [0, 0.05) is 35.4 Å². The second-order valence-corrected chi connectivity index (χ2v) is 11.7. The Balaban J connectivity index is 0. The molecule has 3 amide bonds. The van der Waals surface area contributed by atoms with Crippen LogP contribution in [0.1, 0.15) is 48.5 Å². The number of halogens is 1. The molecule has 1 unspecified atom stereocenters. The van der Waals surface area contributed by atoms with Crippen LogP contribution in [0.5, 0.6) is 0 Å². The molecular weight excluding hydrogens is 538 g/mol. The summed E-state index contributed by atoms with van der Waals surface area (Å²) in [6.07, 6.45) is 3.51. The zero-order valence-corrected chi connectivity index (χ0v) is 26.1. The predicted molar refractivity (Wildman–Crippen MR) is 164 cm³/mol. The third-order valence-electron chi connectivity index (χ3n) is 4.91. The largest absolute Gasteiger partial charge is 0.394 e. The van der Waals surface area contributed by atoms with Crippen molar-refractivity contribution in [2.45, 2.75) is 59.3 Å². The van der Waals surface area contributed by atoms with Gasteiger partial charge in [-0.05, 0) is 58.3 Å². The fourth-order valence-corrected chi connectivity index (χ4v) is 2.84. The van der Waals surface area contributed by atoms with Crippen molar-refractivity contribution in [2.24, 2.45) is 5.41 Å². The number of hydrogen-bond donors (Lipinski definition) is 4. The van der Waals surface area contributed by atoms with Crippen LogP contribution in [0, 0.1) is 16.7 Å². The maximum Gasteiger partial charge on any atom is 0.261 e. The molecule has 0 bridgehead atoms. The Morgan fingerprint density at radius 3 is 2.15 bits per heavy atom. The number of aliphatic hydroxyl groups excluding tert-OH is 1. The molecule has 0 aliphatic heterocycles. The molecule has 39 heavy (non-hydrogen) atoms. The van der Waals surface area contributed by atoms with Gasteiger partial charge in [0.2, 0.25) is 11.8 Å². The van der Waals surface area contributed by atoms with E-state index in [1.54, 1.807) is 61.0 Å². The van der Waals surface area contributed by atoms with Crippen LogP contribution >= 0.6 is 23.4 Å². The van der Waals surface area contributed by atoms with Crippen LogP contribution in [0.25, 0.3) is 0 Å². The fraction of sp³-hybridized carbons (Fsp3) is 0.500. The van der Waals surface area contributed by atoms with Crippen molar-refractivity contribution in [3.05, 3.63) is 48.2 Å². The third-order valence-corrected chi connectivity index (χ3v) is 6.04. The molecule has 0 fully saturated rings. The lowest BCUT2D eigenvalue weighted by Gasteiger charge is -2.22. The smallest absolute Gasteiger partial charge is 0.261 e. The first-order chi connectivity index (χ1) is 17.9. The van der Waals surface area contributed by atoms with E-state index in [-0.39, 0.29) is 29.2 Å². The first-order valence-electron chi connectivity index (χ1n) is 12.2. The normalized spacial score (nSPS) is 11.1. The van der Waals surface area contributed by atoms with Gasteiger partial charge in [0.05, 0.1) is 17.4 Å². The molecule has 0 aromatic heterocycles. The Hall–Kier alpha value is -3.00. The minimum absolute atomic E-state index is 0.0516. The number of thioether (sulfide) groups is 1. The number of nitriles is 1. The number of carbonyl (C=O) groups excluding carboxylic acids is 3. The number of nitrogens with zero attached hydrogens (tertiary/aromatic N) is 2. The highest BCUT2D eigenvalue weighted by Gasteiger charge is 2.21. The highest BCUT2D eigenvalue weighted by atomic mass is 35.5. The van der Waals surface area contributed by atoms with Crippen LogP contribution in [0.15, 0.2) is 43.1 Å². The molecule has 0 spiro atoms. The highest BCUT2D eigenvalue weighted by Crippen LogP contribution is 2.24. The summed E-state index contributed by atoms with van der Waals surface area (Å²) in [6, 6.07) is 6.89. The van der Waals surface area contributed by atoms with E-state index in [1.165, 1.54) is 0 Å². The predicted octanol–water partition coefficient (Wildman–Crippen LogP) is 5.05. The van der Waals surface area contributed by atoms with Gasteiger partial charge in [-0.15, -0.1) is 0 Å². The van der Waals surface area contributed by atoms with E-state index in [9.17, 15) is 14.4 Å². The maximum atomic E-state index is 11.8. The van der Waals surface area contributed by atoms with Crippen LogP contribution in [0.4, 0.5) is 11.4 Å². The van der Waals surface area contributed by atoms with E-state index in [2.05, 4.69) is 29.1 Å². The molecule has 4 N–H and O–H groups in total. The van der Waals surface area contributed by atoms with Crippen molar-refractivity contribution in [1.82, 2.24) is 10.2 Å². The summed E-state index contributed by atoms with van der Waals surface area (Å²) < 4.78 is 0. The monoisotopic (exact) mass is 581 g/mol. The maximum absolute atomic E-state index is 11.8. The number of amides is 3. The number of benzene rings is 1. The Bertz CT molecular complexity index is 1020. The molecule has 1 aromatic carbocycles. The molecule has 0 saturated carbocycles. The van der Waals surface area contributed by atoms with Crippen LogP contribution < -0.4 is 16.0 Å². The molecule has 0 aliphatic rings. The van der Waals surface area contributed by atoms with Gasteiger partial charge < -0.3 is 26.0 Å². The van der Waals surface area contributed by atoms with Gasteiger partial charge in [0.1, 0.15) is 11.6 Å². The SMILES string of the molecule is C=C(C#N)C(=O)NC(C)(C)CO.C=CNc1cc(Cl)cc(NC(=O)C(C)(C)C)c1.CCN(C)C(=O)C(C)SC. The van der Waals surface area contributed by atoms with Gasteiger partial charge >= 0.3 is 0 Å². The van der Waals surface area contributed by atoms with Crippen LogP contribution in [0.2, 0.25) is 5.02 Å². The molecule has 218 valence electrons. The molecule has 1 atom stereocenters. The lowest BCUT2D eigenvalue weighted by Crippen LogP contribution is -2.46. The molecule has 1 aromatic rings. The number of nitrogens with one attached hydrogen (secondary N) is 3. The van der Waals surface area contributed by atoms with Gasteiger partial charge in [-0.3, -0.25) is 14.4 Å². The zero-order valence-electron chi connectivity index (χ0n) is 24.6. The number of rotatable bonds is 9. The van der Waals surface area contributed by atoms with Crippen molar-refractivity contribution in [3.8, 4) is 6.07 Å². The summed E-state index contributed by atoms with van der Waals surface area (Å²) in [4.78, 5) is 35.8. The van der Waals surface area contributed by atoms with Crippen molar-refractivity contribution in [3.63, 3.8) is 0 Å². The standard InChI is InChI=1S/C13H17ClN2O.C8H12N2O2.C7H15NOS/c1-5-15-10-6-9(14)7-11(8-10)16-12(17)13(2,3)4;1-6(4-9)7(12)10-8(2,3)5-11;1-5-8(3)7(9)6(2)10-4/h5-8,15H,1H2,2-4H3,(H,16,17);11H,1,5H2,2-3H3,(H,10,12);6H,5H2,1-4H3. The number of anilines is 2. The van der Waals surface area contributed by atoms with E-state index in [0.717, 1.165) is 12.2 Å². The second-order valence-electron chi connectivity index (χ2n) is 10.1. The summed E-state index contributed by atoms with van der Waals surface area (Å²) in [5.41, 5.74) is 0.153. The molecule has 0 aliphatic carbocycles. The molecule has 0 heterocycles. The van der Waals surface area contributed by atoms with E-state index in [1.807, 2.05) is 47.9 Å². The van der Waals surface area contributed by atoms with Crippen LogP contribution in [-0.2, 0) is 14.4 Å². The average molecular weight is 582 g/mol. The topological polar surface area (TPSA) is 135 Å². The van der Waals surface area contributed by atoms with Gasteiger partial charge in [-0.2, -0.15) is 17.0 Å². The number of aliphatic hydroxyl groups is 1. The van der Waals surface area contributed by atoms with Crippen molar-refractivity contribution < 1.29 is 19.5 Å². The summed E-state index contributed by atoms with van der Waals surface area (Å²) in [5.74, 6) is -0.379.